The number of carbonyl (C=O) groups excluding carboxylic acids is 1. The standard InChI is InChI=1S/C9H12N2O4S/c1-15-2-4-3-16-8-5(10)7(12)11(8)6(4)9(13)14/h3,5-6,8H,2,10H2,1H3,(H,13,14)/t5?,6?,8-/m1/s1. The van der Waals surface area contributed by atoms with Crippen molar-refractivity contribution in [3.8, 4) is 0 Å². The summed E-state index contributed by atoms with van der Waals surface area (Å²) in [5, 5.41) is 10.6. The summed E-state index contributed by atoms with van der Waals surface area (Å²) in [5.41, 5.74) is 6.17. The fourth-order valence-electron chi connectivity index (χ4n) is 1.89. The number of carbonyl (C=O) groups is 2. The van der Waals surface area contributed by atoms with Crippen LogP contribution in [0.1, 0.15) is 0 Å². The van der Waals surface area contributed by atoms with E-state index in [-0.39, 0.29) is 17.9 Å². The SMILES string of the molecule is COCC1=CS[C@@H]2C(N)C(=O)N2C1C(=O)O. The van der Waals surface area contributed by atoms with Crippen LogP contribution in [0.5, 0.6) is 0 Å². The molecule has 0 saturated carbocycles. The lowest BCUT2D eigenvalue weighted by Crippen LogP contribution is -2.72. The van der Waals surface area contributed by atoms with Gasteiger partial charge in [-0.15, -0.1) is 11.8 Å². The molecule has 0 aromatic heterocycles. The third-order valence-corrected chi connectivity index (χ3v) is 3.89. The van der Waals surface area contributed by atoms with Crippen LogP contribution in [0, 0.1) is 0 Å². The Morgan fingerprint density at radius 1 is 1.75 bits per heavy atom. The molecule has 0 aromatic carbocycles. The Kier molecular flexibility index (Phi) is 2.92. The Labute approximate surface area is 96.4 Å². The number of thioether (sulfide) groups is 1. The van der Waals surface area contributed by atoms with E-state index in [0.29, 0.717) is 5.57 Å². The van der Waals surface area contributed by atoms with Gasteiger partial charge in [-0.25, -0.2) is 4.79 Å². The molecule has 2 aliphatic rings. The van der Waals surface area contributed by atoms with Crippen LogP contribution in [0.25, 0.3) is 0 Å². The average Bonchev–Trinajstić information content (AvgIpc) is 2.27. The second kappa shape index (κ2) is 4.08. The molecule has 0 spiro atoms. The van der Waals surface area contributed by atoms with E-state index in [2.05, 4.69) is 0 Å². The van der Waals surface area contributed by atoms with Crippen LogP contribution in [0.15, 0.2) is 11.0 Å². The largest absolute Gasteiger partial charge is 0.479 e. The number of fused-ring (bicyclic) bond motifs is 1. The van der Waals surface area contributed by atoms with Crippen molar-refractivity contribution in [1.82, 2.24) is 4.90 Å². The highest BCUT2D eigenvalue weighted by Gasteiger charge is 2.53. The first-order valence-corrected chi connectivity index (χ1v) is 5.66. The van der Waals surface area contributed by atoms with Gasteiger partial charge in [0.2, 0.25) is 5.91 Å². The fourth-order valence-corrected chi connectivity index (χ4v) is 3.05. The first-order valence-electron chi connectivity index (χ1n) is 4.72. The fraction of sp³-hybridized carbons (Fsp3) is 0.556. The zero-order chi connectivity index (χ0) is 11.9. The van der Waals surface area contributed by atoms with Crippen LogP contribution >= 0.6 is 11.8 Å². The van der Waals surface area contributed by atoms with Gasteiger partial charge in [-0.1, -0.05) is 0 Å². The van der Waals surface area contributed by atoms with E-state index in [1.165, 1.54) is 23.8 Å². The quantitative estimate of drug-likeness (QED) is 0.632. The molecule has 6 nitrogen and oxygen atoms in total. The summed E-state index contributed by atoms with van der Waals surface area (Å²) >= 11 is 1.37. The van der Waals surface area contributed by atoms with E-state index in [9.17, 15) is 9.59 Å². The summed E-state index contributed by atoms with van der Waals surface area (Å²) in [7, 11) is 1.49. The summed E-state index contributed by atoms with van der Waals surface area (Å²) in [6.45, 7) is 0.204. The van der Waals surface area contributed by atoms with Crippen molar-refractivity contribution in [1.29, 1.82) is 0 Å². The molecule has 7 heteroatoms. The van der Waals surface area contributed by atoms with E-state index in [1.54, 1.807) is 5.41 Å². The lowest BCUT2D eigenvalue weighted by molar-refractivity contribution is -0.158. The van der Waals surface area contributed by atoms with E-state index in [1.807, 2.05) is 0 Å². The maximum atomic E-state index is 11.5. The van der Waals surface area contributed by atoms with E-state index >= 15 is 0 Å². The Hall–Kier alpha value is -1.05. The summed E-state index contributed by atoms with van der Waals surface area (Å²) in [6, 6.07) is -1.52. The molecule has 3 atom stereocenters. The first-order chi connectivity index (χ1) is 7.57. The van der Waals surface area contributed by atoms with Gasteiger partial charge in [-0.2, -0.15) is 0 Å². The number of methoxy groups -OCH3 is 1. The average molecular weight is 244 g/mol. The van der Waals surface area contributed by atoms with Gasteiger partial charge in [0.25, 0.3) is 0 Å². The third-order valence-electron chi connectivity index (χ3n) is 2.65. The molecule has 16 heavy (non-hydrogen) atoms. The number of hydrogen-bond donors (Lipinski definition) is 2. The molecule has 88 valence electrons. The number of hydrogen-bond acceptors (Lipinski definition) is 5. The minimum atomic E-state index is -1.05. The molecular weight excluding hydrogens is 232 g/mol. The van der Waals surface area contributed by atoms with Crippen LogP contribution in [0.3, 0.4) is 0 Å². The van der Waals surface area contributed by atoms with Gasteiger partial charge in [-0.05, 0) is 11.0 Å². The van der Waals surface area contributed by atoms with Crippen LogP contribution < -0.4 is 5.73 Å². The highest BCUT2D eigenvalue weighted by Crippen LogP contribution is 2.38. The molecule has 1 fully saturated rings. The maximum Gasteiger partial charge on any atom is 0.330 e. The number of rotatable bonds is 3. The van der Waals surface area contributed by atoms with Crippen LogP contribution in [0.4, 0.5) is 0 Å². The first kappa shape index (κ1) is 11.4. The summed E-state index contributed by atoms with van der Waals surface area (Å²) in [6.07, 6.45) is 0. The predicted octanol–water partition coefficient (Wildman–Crippen LogP) is -0.788. The van der Waals surface area contributed by atoms with Crippen molar-refractivity contribution in [3.63, 3.8) is 0 Å². The van der Waals surface area contributed by atoms with Crippen molar-refractivity contribution in [2.24, 2.45) is 5.73 Å². The van der Waals surface area contributed by atoms with Gasteiger partial charge in [-0.3, -0.25) is 4.79 Å². The topological polar surface area (TPSA) is 92.9 Å². The van der Waals surface area contributed by atoms with Crippen LogP contribution in [-0.4, -0.2) is 53.1 Å². The number of nitrogens with zero attached hydrogens (tertiary/aromatic N) is 1. The molecule has 0 aliphatic carbocycles. The number of amides is 1. The second-order valence-corrected chi connectivity index (χ2v) is 4.66. The Morgan fingerprint density at radius 2 is 2.44 bits per heavy atom. The van der Waals surface area contributed by atoms with Crippen LogP contribution in [-0.2, 0) is 14.3 Å². The number of aliphatic carboxylic acids is 1. The number of carboxylic acid groups (broad SMARTS) is 1. The molecule has 1 saturated heterocycles. The van der Waals surface area contributed by atoms with Crippen molar-refractivity contribution in [2.45, 2.75) is 17.5 Å². The second-order valence-electron chi connectivity index (χ2n) is 3.66. The van der Waals surface area contributed by atoms with Gasteiger partial charge in [0.1, 0.15) is 11.4 Å². The smallest absolute Gasteiger partial charge is 0.330 e. The molecule has 0 aromatic rings. The summed E-state index contributed by atoms with van der Waals surface area (Å²) < 4.78 is 4.92. The molecular formula is C9H12N2O4S. The lowest BCUT2D eigenvalue weighted by Gasteiger charge is -2.50. The molecule has 2 heterocycles. The normalized spacial score (nSPS) is 32.9. The highest BCUT2D eigenvalue weighted by molar-refractivity contribution is 8.02. The number of β-lactam (4-membered cyclic amide) rings is 1. The summed E-state index contributed by atoms with van der Waals surface area (Å²) in [5.74, 6) is -1.36. The molecule has 2 unspecified atom stereocenters. The van der Waals surface area contributed by atoms with E-state index < -0.39 is 18.1 Å². The van der Waals surface area contributed by atoms with Gasteiger partial charge in [0.05, 0.1) is 6.61 Å². The van der Waals surface area contributed by atoms with Gasteiger partial charge >= 0.3 is 5.97 Å². The van der Waals surface area contributed by atoms with Crippen molar-refractivity contribution in [2.75, 3.05) is 13.7 Å². The van der Waals surface area contributed by atoms with Crippen molar-refractivity contribution in [3.05, 3.63) is 11.0 Å². The zero-order valence-corrected chi connectivity index (χ0v) is 9.44. The molecule has 0 bridgehead atoms. The monoisotopic (exact) mass is 244 g/mol. The van der Waals surface area contributed by atoms with Gasteiger partial charge in [0, 0.05) is 7.11 Å². The number of nitrogens with two attached hydrogens (primary N) is 1. The van der Waals surface area contributed by atoms with Crippen molar-refractivity contribution < 1.29 is 19.4 Å². The minimum absolute atomic E-state index is 0.204. The summed E-state index contributed by atoms with van der Waals surface area (Å²) in [4.78, 5) is 24.0. The van der Waals surface area contributed by atoms with E-state index in [4.69, 9.17) is 15.6 Å². The minimum Gasteiger partial charge on any atom is -0.479 e. The van der Waals surface area contributed by atoms with Gasteiger partial charge in [0.15, 0.2) is 6.04 Å². The number of carboxylic acids is 1. The Morgan fingerprint density at radius 3 is 3.00 bits per heavy atom. The molecule has 1 amide bonds. The number of ether oxygens (including phenoxy) is 1. The third kappa shape index (κ3) is 1.51. The molecule has 2 rings (SSSR count). The molecule has 0 radical (unpaired) electrons. The zero-order valence-electron chi connectivity index (χ0n) is 8.62. The Balaban J connectivity index is 2.26. The van der Waals surface area contributed by atoms with Crippen molar-refractivity contribution >= 4 is 23.6 Å². The Bertz CT molecular complexity index is 371. The molecule has 3 N–H and O–H groups in total. The molecule has 2 aliphatic heterocycles. The van der Waals surface area contributed by atoms with E-state index in [0.717, 1.165) is 0 Å². The predicted molar refractivity (Wildman–Crippen MR) is 57.6 cm³/mol. The maximum absolute atomic E-state index is 11.5. The van der Waals surface area contributed by atoms with Gasteiger partial charge < -0.3 is 20.5 Å². The lowest BCUT2D eigenvalue weighted by atomic mass is 9.99. The highest BCUT2D eigenvalue weighted by atomic mass is 32.2. The van der Waals surface area contributed by atoms with Crippen LogP contribution in [0.2, 0.25) is 0 Å².